The quantitative estimate of drug-likeness (QED) is 0.167. The van der Waals surface area contributed by atoms with Crippen molar-refractivity contribution in [2.45, 2.75) is 31.5 Å². The van der Waals surface area contributed by atoms with Crippen LogP contribution in [0.3, 0.4) is 0 Å². The molecule has 1 aliphatic rings. The summed E-state index contributed by atoms with van der Waals surface area (Å²) >= 11 is 6.25. The number of piperidine rings is 1. The minimum absolute atomic E-state index is 0.00954. The van der Waals surface area contributed by atoms with Gasteiger partial charge in [-0.1, -0.05) is 23.4 Å². The van der Waals surface area contributed by atoms with Crippen LogP contribution in [-0.2, 0) is 13.2 Å². The van der Waals surface area contributed by atoms with Crippen molar-refractivity contribution < 1.29 is 36.3 Å². The molecule has 240 valence electrons. The maximum absolute atomic E-state index is 14.2. The largest absolute Gasteiger partial charge is 0.453 e. The number of likely N-dealkylation sites (tertiary alicyclic amines) is 1. The zero-order chi connectivity index (χ0) is 33.3. The maximum Gasteiger partial charge on any atom is 0.416 e. The van der Waals surface area contributed by atoms with Crippen molar-refractivity contribution in [3.63, 3.8) is 0 Å². The van der Waals surface area contributed by atoms with Gasteiger partial charge in [0, 0.05) is 32.3 Å². The van der Waals surface area contributed by atoms with Gasteiger partial charge in [0.1, 0.15) is 17.4 Å². The summed E-state index contributed by atoms with van der Waals surface area (Å²) in [5, 5.41) is 9.42. The third-order valence-electron chi connectivity index (χ3n) is 7.28. The number of nitrogens with one attached hydrogen (secondary N) is 2. The fraction of sp³-hybridized carbons (Fsp3) is 0.258. The van der Waals surface area contributed by atoms with Gasteiger partial charge in [-0.3, -0.25) is 9.48 Å². The molecule has 0 aliphatic carbocycles. The second-order valence-corrected chi connectivity index (χ2v) is 10.8. The minimum Gasteiger partial charge on any atom is -0.453 e. The van der Waals surface area contributed by atoms with Gasteiger partial charge in [0.25, 0.3) is 5.91 Å². The van der Waals surface area contributed by atoms with Crippen molar-refractivity contribution in [3.8, 4) is 23.3 Å². The van der Waals surface area contributed by atoms with Gasteiger partial charge in [-0.2, -0.15) is 18.3 Å². The Balaban J connectivity index is 1.68. The van der Waals surface area contributed by atoms with E-state index >= 15 is 0 Å². The molecule has 0 radical (unpaired) electrons. The zero-order valence-electron chi connectivity index (χ0n) is 24.4. The van der Waals surface area contributed by atoms with Crippen LogP contribution in [0.25, 0.3) is 10.9 Å². The molecule has 46 heavy (non-hydrogen) atoms. The maximum atomic E-state index is 14.2. The van der Waals surface area contributed by atoms with Gasteiger partial charge in [0.05, 0.1) is 38.8 Å². The second kappa shape index (κ2) is 12.8. The molecular weight excluding hydrogens is 635 g/mol. The number of alkyl halides is 3. The topological polar surface area (TPSA) is 115 Å². The van der Waals surface area contributed by atoms with Crippen molar-refractivity contribution in [3.05, 3.63) is 75.8 Å². The van der Waals surface area contributed by atoms with Crippen LogP contribution in [0.5, 0.6) is 11.5 Å². The monoisotopic (exact) mass is 660 g/mol. The number of rotatable bonds is 4. The number of anilines is 2. The summed E-state index contributed by atoms with van der Waals surface area (Å²) in [6.07, 6.45) is -2.69. The molecule has 3 aromatic carbocycles. The van der Waals surface area contributed by atoms with Crippen molar-refractivity contribution >= 4 is 45.9 Å². The number of nitrogens with two attached hydrogens (primary N) is 1. The van der Waals surface area contributed by atoms with E-state index in [4.69, 9.17) is 22.1 Å². The molecule has 9 nitrogen and oxygen atoms in total. The molecule has 1 aliphatic heterocycles. The fourth-order valence-electron chi connectivity index (χ4n) is 5.16. The van der Waals surface area contributed by atoms with Crippen molar-refractivity contribution in [2.75, 3.05) is 24.6 Å². The van der Waals surface area contributed by atoms with E-state index in [0.717, 1.165) is 25.0 Å². The minimum atomic E-state index is -4.92. The molecule has 0 bridgehead atoms. The molecule has 1 unspecified atom stereocenters. The van der Waals surface area contributed by atoms with E-state index in [2.05, 4.69) is 27.6 Å². The first-order valence-electron chi connectivity index (χ1n) is 13.9. The average Bonchev–Trinajstić information content (AvgIpc) is 3.31. The summed E-state index contributed by atoms with van der Waals surface area (Å²) in [6.45, 7) is 0.489. The summed E-state index contributed by atoms with van der Waals surface area (Å²) in [6, 6.07) is 5.34. The van der Waals surface area contributed by atoms with Gasteiger partial charge in [0.15, 0.2) is 11.6 Å². The number of fused-ring (bicyclic) bond motifs is 1. The lowest BCUT2D eigenvalue weighted by Crippen LogP contribution is -2.47. The van der Waals surface area contributed by atoms with Crippen molar-refractivity contribution in [1.82, 2.24) is 20.0 Å². The molecule has 0 saturated carbocycles. The number of nitrogen functional groups attached to an aromatic ring is 1. The highest BCUT2D eigenvalue weighted by Crippen LogP contribution is 2.43. The number of carbonyl (C=O) groups is 2. The molecule has 3 amide bonds. The number of aryl methyl sites for hydroxylation is 1. The van der Waals surface area contributed by atoms with Crippen molar-refractivity contribution in [2.24, 2.45) is 7.05 Å². The van der Waals surface area contributed by atoms with Gasteiger partial charge in [0.2, 0.25) is 0 Å². The highest BCUT2D eigenvalue weighted by molar-refractivity contribution is 6.32. The highest BCUT2D eigenvalue weighted by atomic mass is 35.5. The first-order chi connectivity index (χ1) is 21.8. The van der Waals surface area contributed by atoms with E-state index in [9.17, 15) is 31.5 Å². The third-order valence-corrected chi connectivity index (χ3v) is 7.59. The normalized spacial score (nSPS) is 14.9. The summed E-state index contributed by atoms with van der Waals surface area (Å²) in [7, 11) is 3.09. The first-order valence-corrected chi connectivity index (χ1v) is 14.3. The van der Waals surface area contributed by atoms with E-state index in [-0.39, 0.29) is 51.1 Å². The molecule has 5 rings (SSSR count). The Hall–Kier alpha value is -5.03. The number of nitrogens with zero attached hydrogens (tertiary/aromatic N) is 3. The number of urea groups is 1. The molecule has 1 saturated heterocycles. The smallest absolute Gasteiger partial charge is 0.416 e. The number of benzene rings is 3. The van der Waals surface area contributed by atoms with Crippen LogP contribution in [0.15, 0.2) is 42.5 Å². The van der Waals surface area contributed by atoms with Crippen LogP contribution >= 0.6 is 11.6 Å². The van der Waals surface area contributed by atoms with Crippen LogP contribution in [0.2, 0.25) is 5.02 Å². The summed E-state index contributed by atoms with van der Waals surface area (Å²) in [5.74, 6) is 2.58. The van der Waals surface area contributed by atoms with Gasteiger partial charge < -0.3 is 26.0 Å². The van der Waals surface area contributed by atoms with Crippen LogP contribution in [0.1, 0.15) is 40.7 Å². The molecule has 0 spiro atoms. The van der Waals surface area contributed by atoms with Gasteiger partial charge in [-0.05, 0) is 55.7 Å². The summed E-state index contributed by atoms with van der Waals surface area (Å²) in [5.41, 5.74) is 4.69. The number of halogens is 6. The SMILES string of the molecule is CNC(=O)N1CCCCC1C#Cc1cc(NC(=O)c2cc(F)cc(C(F)(F)F)c2)c(Oc2cc(F)ccc2Cl)c2c(N)nn(C)c12. The van der Waals surface area contributed by atoms with Gasteiger partial charge in [-0.25, -0.2) is 13.6 Å². The molecule has 1 atom stereocenters. The summed E-state index contributed by atoms with van der Waals surface area (Å²) < 4.78 is 76.0. The number of carbonyl (C=O) groups excluding carboxylic acids is 2. The predicted molar refractivity (Wildman–Crippen MR) is 162 cm³/mol. The Morgan fingerprint density at radius 1 is 1.11 bits per heavy atom. The number of amides is 3. The van der Waals surface area contributed by atoms with Crippen LogP contribution < -0.4 is 21.1 Å². The lowest BCUT2D eigenvalue weighted by Gasteiger charge is -2.32. The van der Waals surface area contributed by atoms with E-state index < -0.39 is 40.9 Å². The van der Waals surface area contributed by atoms with E-state index in [1.165, 1.54) is 23.9 Å². The van der Waals surface area contributed by atoms with Gasteiger partial charge >= 0.3 is 12.2 Å². The standard InChI is InChI=1S/C31H26ClF5N6O3/c1-39-30(45)43-10-4-3-5-21(43)8-6-16-13-23(40-29(44)17-11-18(31(35,36)37)14-20(34)12-17)27(25-26(16)42(2)41-28(25)38)46-24-15-19(33)7-9-22(24)32/h7,9,11-15,21H,3-5,10H2,1-2H3,(H2,38,41)(H,39,45)(H,40,44). The Kier molecular flexibility index (Phi) is 8.98. The Morgan fingerprint density at radius 3 is 2.59 bits per heavy atom. The van der Waals surface area contributed by atoms with Crippen molar-refractivity contribution in [1.29, 1.82) is 0 Å². The molecule has 2 heterocycles. The number of hydrogen-bond donors (Lipinski definition) is 3. The van der Waals surface area contributed by atoms with E-state index in [1.54, 1.807) is 11.9 Å². The highest BCUT2D eigenvalue weighted by Gasteiger charge is 2.32. The lowest BCUT2D eigenvalue weighted by atomic mass is 10.0. The molecular formula is C31H26ClF5N6O3. The first kappa shape index (κ1) is 32.4. The van der Waals surface area contributed by atoms with E-state index in [0.29, 0.717) is 30.6 Å². The predicted octanol–water partition coefficient (Wildman–Crippen LogP) is 6.70. The number of ether oxygens (including phenoxy) is 1. The molecule has 1 fully saturated rings. The van der Waals surface area contributed by atoms with Gasteiger partial charge in [-0.15, -0.1) is 0 Å². The molecule has 4 aromatic rings. The van der Waals surface area contributed by atoms with E-state index in [1.807, 2.05) is 0 Å². The third kappa shape index (κ3) is 6.64. The van der Waals surface area contributed by atoms with Crippen LogP contribution in [0, 0.1) is 23.5 Å². The average molecular weight is 661 g/mol. The second-order valence-electron chi connectivity index (χ2n) is 10.4. The molecule has 4 N–H and O–H groups in total. The number of aromatic nitrogens is 2. The number of hydrogen-bond acceptors (Lipinski definition) is 5. The van der Waals surface area contributed by atoms with Crippen LogP contribution in [0.4, 0.5) is 38.3 Å². The fourth-order valence-corrected chi connectivity index (χ4v) is 5.31. The molecule has 1 aromatic heterocycles. The summed E-state index contributed by atoms with van der Waals surface area (Å²) in [4.78, 5) is 27.4. The Labute approximate surface area is 264 Å². The Bertz CT molecular complexity index is 1920. The Morgan fingerprint density at radius 2 is 1.87 bits per heavy atom. The molecule has 15 heteroatoms. The lowest BCUT2D eigenvalue weighted by molar-refractivity contribution is -0.137. The van der Waals surface area contributed by atoms with Crippen LogP contribution in [-0.4, -0.2) is 46.3 Å². The zero-order valence-corrected chi connectivity index (χ0v) is 25.1.